The van der Waals surface area contributed by atoms with Gasteiger partial charge in [-0.15, -0.1) is 0 Å². The van der Waals surface area contributed by atoms with E-state index >= 15 is 0 Å². The first-order chi connectivity index (χ1) is 11.6. The summed E-state index contributed by atoms with van der Waals surface area (Å²) in [6.07, 6.45) is 4.67. The quantitative estimate of drug-likeness (QED) is 0.901. The molecular formula is C19H25NO4. The molecule has 3 atom stereocenters. The van der Waals surface area contributed by atoms with Crippen molar-refractivity contribution in [1.82, 2.24) is 4.90 Å². The van der Waals surface area contributed by atoms with Crippen molar-refractivity contribution in [3.05, 3.63) is 35.9 Å². The van der Waals surface area contributed by atoms with E-state index < -0.39 is 11.9 Å². The third-order valence-electron chi connectivity index (χ3n) is 5.17. The third-order valence-corrected chi connectivity index (χ3v) is 5.17. The molecule has 24 heavy (non-hydrogen) atoms. The molecular weight excluding hydrogens is 306 g/mol. The van der Waals surface area contributed by atoms with Crippen molar-refractivity contribution in [2.45, 2.75) is 44.1 Å². The SMILES string of the molecule is O=C(O)[C@@H]1CN(C(=O)CCC2CCCCO2)C[C@@H]1c1ccccc1. The van der Waals surface area contributed by atoms with Gasteiger partial charge in [-0.05, 0) is 31.2 Å². The Morgan fingerprint density at radius 2 is 1.96 bits per heavy atom. The van der Waals surface area contributed by atoms with Crippen LogP contribution >= 0.6 is 0 Å². The van der Waals surface area contributed by atoms with Crippen LogP contribution < -0.4 is 0 Å². The Kier molecular flexibility index (Phi) is 5.51. The summed E-state index contributed by atoms with van der Waals surface area (Å²) in [4.78, 5) is 25.8. The minimum absolute atomic E-state index is 0.0499. The van der Waals surface area contributed by atoms with E-state index in [1.165, 1.54) is 6.42 Å². The standard InChI is InChI=1S/C19H25NO4/c21-18(10-9-15-8-4-5-11-24-15)20-12-16(17(13-20)19(22)23)14-6-2-1-3-7-14/h1-3,6-7,15-17H,4-5,8-13H2,(H,22,23)/t15?,16-,17-/m1/s1. The minimum atomic E-state index is -0.824. The van der Waals surface area contributed by atoms with Crippen LogP contribution in [0.25, 0.3) is 0 Å². The van der Waals surface area contributed by atoms with Crippen molar-refractivity contribution < 1.29 is 19.4 Å². The van der Waals surface area contributed by atoms with Crippen LogP contribution in [0.4, 0.5) is 0 Å². The maximum absolute atomic E-state index is 12.5. The van der Waals surface area contributed by atoms with Gasteiger partial charge in [-0.2, -0.15) is 0 Å². The number of aliphatic carboxylic acids is 1. The smallest absolute Gasteiger partial charge is 0.308 e. The number of benzene rings is 1. The summed E-state index contributed by atoms with van der Waals surface area (Å²) < 4.78 is 5.68. The summed E-state index contributed by atoms with van der Waals surface area (Å²) in [5, 5.41) is 9.52. The first-order valence-corrected chi connectivity index (χ1v) is 8.82. The molecule has 0 radical (unpaired) electrons. The number of carbonyl (C=O) groups is 2. The van der Waals surface area contributed by atoms with Crippen molar-refractivity contribution in [2.75, 3.05) is 19.7 Å². The number of carboxylic acid groups (broad SMARTS) is 1. The summed E-state index contributed by atoms with van der Waals surface area (Å²) in [6, 6.07) is 9.65. The van der Waals surface area contributed by atoms with Gasteiger partial charge in [0.2, 0.25) is 5.91 Å². The average Bonchev–Trinajstić information content (AvgIpc) is 3.07. The zero-order chi connectivity index (χ0) is 16.9. The Morgan fingerprint density at radius 3 is 2.62 bits per heavy atom. The minimum Gasteiger partial charge on any atom is -0.481 e. The largest absolute Gasteiger partial charge is 0.481 e. The second kappa shape index (κ2) is 7.79. The van der Waals surface area contributed by atoms with Crippen molar-refractivity contribution in [2.24, 2.45) is 5.92 Å². The van der Waals surface area contributed by atoms with E-state index in [0.29, 0.717) is 19.5 Å². The molecule has 1 aromatic carbocycles. The lowest BCUT2D eigenvalue weighted by Crippen LogP contribution is -2.31. The van der Waals surface area contributed by atoms with Gasteiger partial charge < -0.3 is 14.7 Å². The van der Waals surface area contributed by atoms with Crippen LogP contribution in [0.5, 0.6) is 0 Å². The van der Waals surface area contributed by atoms with Gasteiger partial charge >= 0.3 is 5.97 Å². The highest BCUT2D eigenvalue weighted by Crippen LogP contribution is 2.33. The van der Waals surface area contributed by atoms with E-state index in [0.717, 1.165) is 31.4 Å². The van der Waals surface area contributed by atoms with E-state index in [9.17, 15) is 14.7 Å². The number of nitrogens with zero attached hydrogens (tertiary/aromatic N) is 1. The van der Waals surface area contributed by atoms with Gasteiger partial charge in [-0.1, -0.05) is 30.3 Å². The molecule has 0 aliphatic carbocycles. The van der Waals surface area contributed by atoms with Crippen molar-refractivity contribution >= 4 is 11.9 Å². The number of likely N-dealkylation sites (tertiary alicyclic amines) is 1. The van der Waals surface area contributed by atoms with Gasteiger partial charge in [0.25, 0.3) is 0 Å². The summed E-state index contributed by atoms with van der Waals surface area (Å²) in [7, 11) is 0. The molecule has 0 saturated carbocycles. The van der Waals surface area contributed by atoms with Crippen molar-refractivity contribution in [1.29, 1.82) is 0 Å². The molecule has 1 N–H and O–H groups in total. The highest BCUT2D eigenvalue weighted by atomic mass is 16.5. The van der Waals surface area contributed by atoms with E-state index in [4.69, 9.17) is 4.74 Å². The monoisotopic (exact) mass is 331 g/mol. The summed E-state index contributed by atoms with van der Waals surface area (Å²) in [5.74, 6) is -1.43. The number of hydrogen-bond acceptors (Lipinski definition) is 3. The highest BCUT2D eigenvalue weighted by molar-refractivity contribution is 5.79. The number of carboxylic acids is 1. The third kappa shape index (κ3) is 3.96. The van der Waals surface area contributed by atoms with Gasteiger partial charge in [0.05, 0.1) is 12.0 Å². The predicted octanol–water partition coefficient (Wildman–Crippen LogP) is 2.66. The van der Waals surface area contributed by atoms with E-state index in [2.05, 4.69) is 0 Å². The van der Waals surface area contributed by atoms with E-state index in [-0.39, 0.29) is 17.9 Å². The van der Waals surface area contributed by atoms with Gasteiger partial charge in [0.1, 0.15) is 0 Å². The molecule has 2 aliphatic rings. The summed E-state index contributed by atoms with van der Waals surface area (Å²) in [5.41, 5.74) is 0.996. The highest BCUT2D eigenvalue weighted by Gasteiger charge is 2.40. The fraction of sp³-hybridized carbons (Fsp3) is 0.579. The van der Waals surface area contributed by atoms with Crippen LogP contribution in [0.3, 0.4) is 0 Å². The molecule has 0 bridgehead atoms. The molecule has 1 unspecified atom stereocenters. The first-order valence-electron chi connectivity index (χ1n) is 8.82. The molecule has 0 spiro atoms. The molecule has 2 saturated heterocycles. The predicted molar refractivity (Wildman–Crippen MR) is 89.7 cm³/mol. The normalized spacial score (nSPS) is 27.2. The van der Waals surface area contributed by atoms with Gasteiger partial charge in [0.15, 0.2) is 0 Å². The molecule has 130 valence electrons. The van der Waals surface area contributed by atoms with Gasteiger partial charge in [-0.3, -0.25) is 9.59 Å². The Hall–Kier alpha value is -1.88. The van der Waals surface area contributed by atoms with Crippen LogP contribution in [-0.2, 0) is 14.3 Å². The molecule has 0 aromatic heterocycles. The van der Waals surface area contributed by atoms with Gasteiger partial charge in [0, 0.05) is 32.0 Å². The zero-order valence-corrected chi connectivity index (χ0v) is 13.9. The number of amides is 1. The molecule has 1 aromatic rings. The van der Waals surface area contributed by atoms with Crippen LogP contribution in [0.15, 0.2) is 30.3 Å². The molecule has 2 aliphatic heterocycles. The van der Waals surface area contributed by atoms with Crippen LogP contribution in [-0.4, -0.2) is 47.7 Å². The lowest BCUT2D eigenvalue weighted by Gasteiger charge is -2.23. The van der Waals surface area contributed by atoms with Crippen LogP contribution in [0.1, 0.15) is 43.6 Å². The maximum Gasteiger partial charge on any atom is 0.308 e. The molecule has 1 amide bonds. The Labute approximate surface area is 142 Å². The molecule has 2 fully saturated rings. The average molecular weight is 331 g/mol. The Bertz CT molecular complexity index is 568. The second-order valence-electron chi connectivity index (χ2n) is 6.79. The Balaban J connectivity index is 1.60. The van der Waals surface area contributed by atoms with Crippen molar-refractivity contribution in [3.63, 3.8) is 0 Å². The van der Waals surface area contributed by atoms with E-state index in [1.807, 2.05) is 30.3 Å². The topological polar surface area (TPSA) is 66.8 Å². The second-order valence-corrected chi connectivity index (χ2v) is 6.79. The maximum atomic E-state index is 12.5. The molecule has 3 rings (SSSR count). The van der Waals surface area contributed by atoms with Crippen molar-refractivity contribution in [3.8, 4) is 0 Å². The number of hydrogen-bond donors (Lipinski definition) is 1. The van der Waals surface area contributed by atoms with E-state index in [1.54, 1.807) is 4.90 Å². The number of rotatable bonds is 5. The first kappa shape index (κ1) is 17.0. The fourth-order valence-corrected chi connectivity index (χ4v) is 3.77. The number of ether oxygens (including phenoxy) is 1. The lowest BCUT2D eigenvalue weighted by molar-refractivity contribution is -0.141. The summed E-state index contributed by atoms with van der Waals surface area (Å²) in [6.45, 7) is 1.59. The lowest BCUT2D eigenvalue weighted by atomic mass is 9.89. The fourth-order valence-electron chi connectivity index (χ4n) is 3.77. The molecule has 5 nitrogen and oxygen atoms in total. The summed E-state index contributed by atoms with van der Waals surface area (Å²) >= 11 is 0. The van der Waals surface area contributed by atoms with Crippen LogP contribution in [0.2, 0.25) is 0 Å². The molecule has 2 heterocycles. The van der Waals surface area contributed by atoms with Gasteiger partial charge in [-0.25, -0.2) is 0 Å². The zero-order valence-electron chi connectivity index (χ0n) is 13.9. The molecule has 5 heteroatoms. The Morgan fingerprint density at radius 1 is 1.17 bits per heavy atom. The van der Waals surface area contributed by atoms with Crippen LogP contribution in [0, 0.1) is 5.92 Å². The number of carbonyl (C=O) groups excluding carboxylic acids is 1.